The second kappa shape index (κ2) is 11.6. The Morgan fingerprint density at radius 3 is 2.71 bits per heavy atom. The van der Waals surface area contributed by atoms with Crippen LogP contribution in [0, 0.1) is 0 Å². The van der Waals surface area contributed by atoms with Crippen molar-refractivity contribution < 1.29 is 19.4 Å². The first-order valence-electron chi connectivity index (χ1n) is 10.5. The zero-order valence-corrected chi connectivity index (χ0v) is 17.1. The number of hydrogen-bond acceptors (Lipinski definition) is 4. The number of nitrogens with zero attached hydrogens (tertiary/aromatic N) is 1. The molecule has 1 aromatic carbocycles. The summed E-state index contributed by atoms with van der Waals surface area (Å²) < 4.78 is 4.99. The zero-order valence-electron chi connectivity index (χ0n) is 17.1. The monoisotopic (exact) mass is 387 g/mol. The predicted octanol–water partition coefficient (Wildman–Crippen LogP) is 3.89. The number of rotatable bonds is 11. The number of carbonyl (C=O) groups excluding carboxylic acids is 2. The summed E-state index contributed by atoms with van der Waals surface area (Å²) in [4.78, 5) is 25.9. The molecule has 5 heteroatoms. The van der Waals surface area contributed by atoms with Gasteiger partial charge in [0.15, 0.2) is 0 Å². The number of amides is 1. The average molecular weight is 388 g/mol. The third-order valence-electron chi connectivity index (χ3n) is 5.14. The maximum atomic E-state index is 12.2. The highest BCUT2D eigenvalue weighted by Gasteiger charge is 2.28. The SMILES string of the molecule is CCCCCC(O)C=CC1CCC(=O)N1CCc1ccc(C(=O)OCC)cc1. The van der Waals surface area contributed by atoms with Gasteiger partial charge < -0.3 is 14.7 Å². The summed E-state index contributed by atoms with van der Waals surface area (Å²) in [6, 6.07) is 7.42. The van der Waals surface area contributed by atoms with Crippen molar-refractivity contribution in [1.29, 1.82) is 0 Å². The lowest BCUT2D eigenvalue weighted by Crippen LogP contribution is -2.33. The van der Waals surface area contributed by atoms with E-state index in [1.165, 1.54) is 0 Å². The van der Waals surface area contributed by atoms with Crippen LogP contribution in [0.5, 0.6) is 0 Å². The number of esters is 1. The van der Waals surface area contributed by atoms with E-state index >= 15 is 0 Å². The first-order chi connectivity index (χ1) is 13.5. The van der Waals surface area contributed by atoms with Crippen LogP contribution in [-0.2, 0) is 16.0 Å². The normalized spacial score (nSPS) is 18.0. The molecule has 1 aliphatic heterocycles. The van der Waals surface area contributed by atoms with Crippen molar-refractivity contribution in [3.05, 3.63) is 47.5 Å². The van der Waals surface area contributed by atoms with Gasteiger partial charge in [-0.2, -0.15) is 0 Å². The Balaban J connectivity index is 1.87. The predicted molar refractivity (Wildman–Crippen MR) is 110 cm³/mol. The molecule has 2 unspecified atom stereocenters. The summed E-state index contributed by atoms with van der Waals surface area (Å²) in [6.07, 6.45) is 9.58. The van der Waals surface area contributed by atoms with E-state index in [4.69, 9.17) is 4.74 Å². The molecule has 0 radical (unpaired) electrons. The van der Waals surface area contributed by atoms with Crippen LogP contribution < -0.4 is 0 Å². The summed E-state index contributed by atoms with van der Waals surface area (Å²) in [7, 11) is 0. The zero-order chi connectivity index (χ0) is 20.4. The summed E-state index contributed by atoms with van der Waals surface area (Å²) in [6.45, 7) is 4.93. The van der Waals surface area contributed by atoms with Crippen molar-refractivity contribution in [2.75, 3.05) is 13.2 Å². The van der Waals surface area contributed by atoms with E-state index in [0.29, 0.717) is 25.1 Å². The van der Waals surface area contributed by atoms with Crippen molar-refractivity contribution in [2.24, 2.45) is 0 Å². The average Bonchev–Trinajstić information content (AvgIpc) is 3.05. The second-order valence-electron chi connectivity index (χ2n) is 7.31. The van der Waals surface area contributed by atoms with E-state index < -0.39 is 6.10 Å². The molecule has 1 amide bonds. The molecule has 1 N–H and O–H groups in total. The molecule has 0 aliphatic carbocycles. The van der Waals surface area contributed by atoms with Gasteiger partial charge in [-0.25, -0.2) is 4.79 Å². The maximum absolute atomic E-state index is 12.2. The van der Waals surface area contributed by atoms with Crippen LogP contribution in [0.15, 0.2) is 36.4 Å². The Morgan fingerprint density at radius 2 is 2.04 bits per heavy atom. The van der Waals surface area contributed by atoms with Gasteiger partial charge in [0.25, 0.3) is 0 Å². The largest absolute Gasteiger partial charge is 0.462 e. The fraction of sp³-hybridized carbons (Fsp3) is 0.565. The number of hydrogen-bond donors (Lipinski definition) is 1. The molecule has 1 heterocycles. The van der Waals surface area contributed by atoms with Crippen LogP contribution in [0.3, 0.4) is 0 Å². The van der Waals surface area contributed by atoms with Crippen molar-refractivity contribution in [2.45, 2.75) is 70.9 Å². The molecule has 0 spiro atoms. The molecule has 0 saturated carbocycles. The van der Waals surface area contributed by atoms with Gasteiger partial charge in [0.05, 0.1) is 24.3 Å². The van der Waals surface area contributed by atoms with Gasteiger partial charge >= 0.3 is 5.97 Å². The number of benzene rings is 1. The summed E-state index contributed by atoms with van der Waals surface area (Å²) in [5.74, 6) is -0.148. The molecule has 1 saturated heterocycles. The summed E-state index contributed by atoms with van der Waals surface area (Å²) in [5.41, 5.74) is 1.62. The van der Waals surface area contributed by atoms with Gasteiger partial charge in [0.1, 0.15) is 0 Å². The lowest BCUT2D eigenvalue weighted by molar-refractivity contribution is -0.128. The molecule has 1 aliphatic rings. The molecule has 154 valence electrons. The Morgan fingerprint density at radius 1 is 1.29 bits per heavy atom. The van der Waals surface area contributed by atoms with E-state index in [1.54, 1.807) is 19.1 Å². The fourth-order valence-corrected chi connectivity index (χ4v) is 3.47. The van der Waals surface area contributed by atoms with Gasteiger partial charge in [-0.05, 0) is 43.9 Å². The molecular formula is C23H33NO4. The van der Waals surface area contributed by atoms with E-state index in [9.17, 15) is 14.7 Å². The smallest absolute Gasteiger partial charge is 0.338 e. The van der Waals surface area contributed by atoms with Crippen LogP contribution in [0.2, 0.25) is 0 Å². The standard InChI is InChI=1S/C23H33NO4/c1-3-5-6-7-21(25)14-12-20-13-15-22(26)24(20)17-16-18-8-10-19(11-9-18)23(27)28-4-2/h8-12,14,20-21,25H,3-7,13,15-17H2,1-2H3. The number of likely N-dealkylation sites (tertiary alicyclic amines) is 1. The van der Waals surface area contributed by atoms with E-state index in [0.717, 1.165) is 44.1 Å². The first-order valence-corrected chi connectivity index (χ1v) is 10.5. The van der Waals surface area contributed by atoms with Crippen molar-refractivity contribution in [1.82, 2.24) is 4.90 Å². The van der Waals surface area contributed by atoms with Crippen molar-refractivity contribution in [3.63, 3.8) is 0 Å². The van der Waals surface area contributed by atoms with Gasteiger partial charge in [-0.3, -0.25) is 4.79 Å². The minimum absolute atomic E-state index is 0.0622. The van der Waals surface area contributed by atoms with Crippen molar-refractivity contribution in [3.8, 4) is 0 Å². The fourth-order valence-electron chi connectivity index (χ4n) is 3.47. The lowest BCUT2D eigenvalue weighted by Gasteiger charge is -2.23. The third-order valence-corrected chi connectivity index (χ3v) is 5.14. The minimum atomic E-state index is -0.431. The number of aliphatic hydroxyl groups is 1. The van der Waals surface area contributed by atoms with Crippen LogP contribution >= 0.6 is 0 Å². The van der Waals surface area contributed by atoms with Gasteiger partial charge in [0.2, 0.25) is 5.91 Å². The highest BCUT2D eigenvalue weighted by atomic mass is 16.5. The van der Waals surface area contributed by atoms with E-state index in [2.05, 4.69) is 6.92 Å². The Kier molecular flexibility index (Phi) is 9.21. The maximum Gasteiger partial charge on any atom is 0.338 e. The van der Waals surface area contributed by atoms with Gasteiger partial charge in [-0.1, -0.05) is 50.5 Å². The van der Waals surface area contributed by atoms with E-state index in [1.807, 2.05) is 29.2 Å². The van der Waals surface area contributed by atoms with Crippen LogP contribution in [0.1, 0.15) is 68.3 Å². The quantitative estimate of drug-likeness (QED) is 0.355. The topological polar surface area (TPSA) is 66.8 Å². The molecule has 2 rings (SSSR count). The van der Waals surface area contributed by atoms with Crippen LogP contribution in [0.25, 0.3) is 0 Å². The Labute approximate surface area is 168 Å². The molecule has 28 heavy (non-hydrogen) atoms. The molecular weight excluding hydrogens is 354 g/mol. The van der Waals surface area contributed by atoms with Gasteiger partial charge in [0, 0.05) is 13.0 Å². The third kappa shape index (κ3) is 6.79. The highest BCUT2D eigenvalue weighted by Crippen LogP contribution is 2.21. The second-order valence-corrected chi connectivity index (χ2v) is 7.31. The molecule has 1 fully saturated rings. The molecule has 1 aromatic rings. The lowest BCUT2D eigenvalue weighted by atomic mass is 10.1. The number of unbranched alkanes of at least 4 members (excludes halogenated alkanes) is 2. The van der Waals surface area contributed by atoms with Crippen molar-refractivity contribution >= 4 is 11.9 Å². The molecule has 5 nitrogen and oxygen atoms in total. The first kappa shape index (κ1) is 22.2. The Bertz CT molecular complexity index is 653. The number of ether oxygens (including phenoxy) is 1. The summed E-state index contributed by atoms with van der Waals surface area (Å²) >= 11 is 0. The Hall–Kier alpha value is -2.14. The highest BCUT2D eigenvalue weighted by molar-refractivity contribution is 5.89. The minimum Gasteiger partial charge on any atom is -0.462 e. The van der Waals surface area contributed by atoms with Crippen LogP contribution in [-0.4, -0.2) is 47.2 Å². The molecule has 2 atom stereocenters. The van der Waals surface area contributed by atoms with Gasteiger partial charge in [-0.15, -0.1) is 0 Å². The van der Waals surface area contributed by atoms with E-state index in [-0.39, 0.29) is 17.9 Å². The number of aliphatic hydroxyl groups excluding tert-OH is 1. The summed E-state index contributed by atoms with van der Waals surface area (Å²) in [5, 5.41) is 10.1. The molecule has 0 bridgehead atoms. The number of carbonyl (C=O) groups is 2. The van der Waals surface area contributed by atoms with Crippen LogP contribution in [0.4, 0.5) is 0 Å². The molecule has 0 aromatic heterocycles.